The highest BCUT2D eigenvalue weighted by Crippen LogP contribution is 2.20. The summed E-state index contributed by atoms with van der Waals surface area (Å²) in [6.07, 6.45) is 6.84. The lowest BCUT2D eigenvalue weighted by atomic mass is 10.4. The van der Waals surface area contributed by atoms with Gasteiger partial charge < -0.3 is 0 Å². The molecule has 1 heterocycles. The highest BCUT2D eigenvalue weighted by atomic mass is 32.1. The van der Waals surface area contributed by atoms with Crippen molar-refractivity contribution >= 4 is 22.4 Å². The SMILES string of the molecule is CC=CC=CC(=O)Nc1nc(C)c(C)s1. The number of anilines is 1. The maximum Gasteiger partial charge on any atom is 0.250 e. The lowest BCUT2D eigenvalue weighted by Crippen LogP contribution is -2.07. The molecule has 1 N–H and O–H groups in total. The summed E-state index contributed by atoms with van der Waals surface area (Å²) < 4.78 is 0. The first-order valence-electron chi connectivity index (χ1n) is 4.68. The molecule has 80 valence electrons. The number of aryl methyl sites for hydroxylation is 2. The Bertz CT molecular complexity index is 385. The fourth-order valence-electron chi connectivity index (χ4n) is 0.927. The van der Waals surface area contributed by atoms with Crippen molar-refractivity contribution in [3.63, 3.8) is 0 Å². The summed E-state index contributed by atoms with van der Waals surface area (Å²) in [6, 6.07) is 0. The minimum Gasteiger partial charge on any atom is -0.298 e. The Kier molecular flexibility index (Phi) is 4.24. The number of hydrogen-bond acceptors (Lipinski definition) is 3. The Balaban J connectivity index is 2.58. The molecular weight excluding hydrogens is 208 g/mol. The molecule has 0 aromatic carbocycles. The van der Waals surface area contributed by atoms with Gasteiger partial charge in [-0.3, -0.25) is 10.1 Å². The summed E-state index contributed by atoms with van der Waals surface area (Å²) in [4.78, 5) is 16.7. The Morgan fingerprint density at radius 2 is 2.13 bits per heavy atom. The van der Waals surface area contributed by atoms with E-state index in [1.807, 2.05) is 26.8 Å². The second-order valence-electron chi connectivity index (χ2n) is 3.03. The monoisotopic (exact) mass is 222 g/mol. The third kappa shape index (κ3) is 3.67. The number of amides is 1. The van der Waals surface area contributed by atoms with E-state index in [0.717, 1.165) is 10.6 Å². The van der Waals surface area contributed by atoms with E-state index < -0.39 is 0 Å². The maximum absolute atomic E-state index is 11.3. The van der Waals surface area contributed by atoms with Gasteiger partial charge in [-0.1, -0.05) is 18.2 Å². The highest BCUT2D eigenvalue weighted by molar-refractivity contribution is 7.15. The number of hydrogen-bond donors (Lipinski definition) is 1. The average Bonchev–Trinajstić information content (AvgIpc) is 2.46. The molecule has 1 amide bonds. The van der Waals surface area contributed by atoms with Crippen LogP contribution in [0.4, 0.5) is 5.13 Å². The minimum atomic E-state index is -0.151. The lowest BCUT2D eigenvalue weighted by molar-refractivity contribution is -0.111. The maximum atomic E-state index is 11.3. The van der Waals surface area contributed by atoms with Gasteiger partial charge in [0, 0.05) is 11.0 Å². The van der Waals surface area contributed by atoms with Crippen LogP contribution in [-0.2, 0) is 4.79 Å². The summed E-state index contributed by atoms with van der Waals surface area (Å²) in [5.41, 5.74) is 0.965. The number of allylic oxidation sites excluding steroid dienone is 3. The first-order chi connectivity index (χ1) is 7.13. The van der Waals surface area contributed by atoms with Gasteiger partial charge in [0.1, 0.15) is 0 Å². The van der Waals surface area contributed by atoms with Gasteiger partial charge in [-0.25, -0.2) is 4.98 Å². The van der Waals surface area contributed by atoms with Crippen molar-refractivity contribution in [2.45, 2.75) is 20.8 Å². The molecule has 0 fully saturated rings. The Morgan fingerprint density at radius 1 is 1.40 bits per heavy atom. The molecule has 1 aromatic heterocycles. The van der Waals surface area contributed by atoms with E-state index in [1.54, 1.807) is 12.2 Å². The average molecular weight is 222 g/mol. The number of carbonyl (C=O) groups is 1. The summed E-state index contributed by atoms with van der Waals surface area (Å²) in [5, 5.41) is 3.36. The van der Waals surface area contributed by atoms with Crippen molar-refractivity contribution in [2.75, 3.05) is 5.32 Å². The molecular formula is C11H14N2OS. The molecule has 0 spiro atoms. The molecule has 0 bridgehead atoms. The standard InChI is InChI=1S/C11H14N2OS/c1-4-5-6-7-10(14)13-11-12-8(2)9(3)15-11/h4-7H,1-3H3,(H,12,13,14). The smallest absolute Gasteiger partial charge is 0.250 e. The summed E-state index contributed by atoms with van der Waals surface area (Å²) >= 11 is 1.49. The molecule has 1 aromatic rings. The van der Waals surface area contributed by atoms with Crippen LogP contribution < -0.4 is 5.32 Å². The van der Waals surface area contributed by atoms with E-state index in [0.29, 0.717) is 5.13 Å². The molecule has 15 heavy (non-hydrogen) atoms. The third-order valence-corrected chi connectivity index (χ3v) is 2.80. The van der Waals surface area contributed by atoms with E-state index in [2.05, 4.69) is 10.3 Å². The Hall–Kier alpha value is -1.42. The second kappa shape index (κ2) is 5.46. The predicted octanol–water partition coefficient (Wildman–Crippen LogP) is 2.83. The van der Waals surface area contributed by atoms with Crippen LogP contribution in [0.3, 0.4) is 0 Å². The van der Waals surface area contributed by atoms with Crippen molar-refractivity contribution in [3.05, 3.63) is 34.9 Å². The molecule has 0 radical (unpaired) electrons. The minimum absolute atomic E-state index is 0.151. The topological polar surface area (TPSA) is 42.0 Å². The number of carbonyl (C=O) groups excluding carboxylic acids is 1. The van der Waals surface area contributed by atoms with E-state index in [4.69, 9.17) is 0 Å². The van der Waals surface area contributed by atoms with Crippen LogP contribution >= 0.6 is 11.3 Å². The molecule has 4 heteroatoms. The fourth-order valence-corrected chi connectivity index (χ4v) is 1.74. The van der Waals surface area contributed by atoms with Crippen molar-refractivity contribution in [2.24, 2.45) is 0 Å². The molecule has 0 unspecified atom stereocenters. The quantitative estimate of drug-likeness (QED) is 0.631. The second-order valence-corrected chi connectivity index (χ2v) is 4.24. The summed E-state index contributed by atoms with van der Waals surface area (Å²) in [7, 11) is 0. The fraction of sp³-hybridized carbons (Fsp3) is 0.273. The van der Waals surface area contributed by atoms with Crippen molar-refractivity contribution in [3.8, 4) is 0 Å². The molecule has 0 aliphatic rings. The normalized spacial score (nSPS) is 11.4. The van der Waals surface area contributed by atoms with Gasteiger partial charge in [0.2, 0.25) is 5.91 Å². The van der Waals surface area contributed by atoms with Crippen molar-refractivity contribution in [1.29, 1.82) is 0 Å². The van der Waals surface area contributed by atoms with Crippen LogP contribution in [-0.4, -0.2) is 10.9 Å². The van der Waals surface area contributed by atoms with E-state index >= 15 is 0 Å². The van der Waals surface area contributed by atoms with E-state index in [9.17, 15) is 4.79 Å². The molecule has 1 rings (SSSR count). The number of nitrogens with one attached hydrogen (secondary N) is 1. The van der Waals surface area contributed by atoms with Gasteiger partial charge in [0.05, 0.1) is 5.69 Å². The van der Waals surface area contributed by atoms with Crippen LogP contribution in [0, 0.1) is 13.8 Å². The van der Waals surface area contributed by atoms with Gasteiger partial charge in [-0.15, -0.1) is 11.3 Å². The number of thiazole rings is 1. The molecule has 0 saturated carbocycles. The first-order valence-corrected chi connectivity index (χ1v) is 5.49. The Labute approximate surface area is 93.5 Å². The van der Waals surface area contributed by atoms with E-state index in [-0.39, 0.29) is 5.91 Å². The lowest BCUT2D eigenvalue weighted by Gasteiger charge is -1.93. The number of nitrogens with zero attached hydrogens (tertiary/aromatic N) is 1. The zero-order valence-electron chi connectivity index (χ0n) is 9.07. The van der Waals surface area contributed by atoms with Crippen LogP contribution in [0.1, 0.15) is 17.5 Å². The predicted molar refractivity (Wildman–Crippen MR) is 64.2 cm³/mol. The number of aromatic nitrogens is 1. The molecule has 0 aliphatic heterocycles. The molecule has 3 nitrogen and oxygen atoms in total. The third-order valence-electron chi connectivity index (χ3n) is 1.81. The van der Waals surface area contributed by atoms with Crippen molar-refractivity contribution in [1.82, 2.24) is 4.98 Å². The van der Waals surface area contributed by atoms with Gasteiger partial charge in [0.25, 0.3) is 0 Å². The molecule has 0 saturated heterocycles. The largest absolute Gasteiger partial charge is 0.298 e. The highest BCUT2D eigenvalue weighted by Gasteiger charge is 2.04. The van der Waals surface area contributed by atoms with Crippen LogP contribution in [0.15, 0.2) is 24.3 Å². The first kappa shape index (κ1) is 11.7. The summed E-state index contributed by atoms with van der Waals surface area (Å²) in [6.45, 7) is 5.81. The zero-order valence-corrected chi connectivity index (χ0v) is 9.89. The van der Waals surface area contributed by atoms with Gasteiger partial charge in [-0.2, -0.15) is 0 Å². The molecule has 0 atom stereocenters. The zero-order chi connectivity index (χ0) is 11.3. The van der Waals surface area contributed by atoms with Crippen molar-refractivity contribution < 1.29 is 4.79 Å². The Morgan fingerprint density at radius 3 is 2.67 bits per heavy atom. The van der Waals surface area contributed by atoms with E-state index in [1.165, 1.54) is 17.4 Å². The van der Waals surface area contributed by atoms with Crippen LogP contribution in [0.25, 0.3) is 0 Å². The molecule has 0 aliphatic carbocycles. The van der Waals surface area contributed by atoms with Crippen LogP contribution in [0.2, 0.25) is 0 Å². The van der Waals surface area contributed by atoms with Gasteiger partial charge in [-0.05, 0) is 20.8 Å². The van der Waals surface area contributed by atoms with Crippen LogP contribution in [0.5, 0.6) is 0 Å². The van der Waals surface area contributed by atoms with Gasteiger partial charge in [0.15, 0.2) is 5.13 Å². The summed E-state index contributed by atoms with van der Waals surface area (Å²) in [5.74, 6) is -0.151. The van der Waals surface area contributed by atoms with Gasteiger partial charge >= 0.3 is 0 Å². The number of rotatable bonds is 3.